The quantitative estimate of drug-likeness (QED) is 0.654. The van der Waals surface area contributed by atoms with Gasteiger partial charge in [0.05, 0.1) is 38.2 Å². The van der Waals surface area contributed by atoms with E-state index in [4.69, 9.17) is 4.74 Å². The van der Waals surface area contributed by atoms with Crippen molar-refractivity contribution in [1.82, 2.24) is 30.0 Å². The molecular formula is C19H22N6O4. The van der Waals surface area contributed by atoms with Crippen LogP contribution in [0.1, 0.15) is 24.4 Å². The molecule has 29 heavy (non-hydrogen) atoms. The summed E-state index contributed by atoms with van der Waals surface area (Å²) in [5.41, 5.74) is 0.900. The Morgan fingerprint density at radius 1 is 1.24 bits per heavy atom. The van der Waals surface area contributed by atoms with Crippen molar-refractivity contribution >= 4 is 17.8 Å². The number of aryl methyl sites for hydroxylation is 1. The number of hydrogen-bond acceptors (Lipinski definition) is 7. The standard InChI is InChI=1S/C19H22N6O4/c1-29-19(28)15-9-14-10-23(16(26)7-8-24-12-20-21-22-24)11-17(27)25(14)18(15)13-5-3-2-4-6-13/h2-6,12,14-15,18H,7-11H2,1H3/t14-,15-,18-/m0/s1. The van der Waals surface area contributed by atoms with Gasteiger partial charge in [-0.2, -0.15) is 0 Å². The maximum absolute atomic E-state index is 13.0. The number of carbonyl (C=O) groups excluding carboxylic acids is 3. The number of methoxy groups -OCH3 is 1. The Bertz CT molecular complexity index is 887. The summed E-state index contributed by atoms with van der Waals surface area (Å²) in [6.07, 6.45) is 2.11. The van der Waals surface area contributed by atoms with Crippen LogP contribution in [0.3, 0.4) is 0 Å². The van der Waals surface area contributed by atoms with E-state index < -0.39 is 5.92 Å². The molecule has 3 heterocycles. The smallest absolute Gasteiger partial charge is 0.311 e. The van der Waals surface area contributed by atoms with Crippen molar-refractivity contribution in [2.75, 3.05) is 20.2 Å². The summed E-state index contributed by atoms with van der Waals surface area (Å²) in [6.45, 7) is 0.751. The number of piperazine rings is 1. The summed E-state index contributed by atoms with van der Waals surface area (Å²) in [6, 6.07) is 8.91. The molecule has 1 aromatic carbocycles. The van der Waals surface area contributed by atoms with E-state index in [2.05, 4.69) is 15.5 Å². The minimum atomic E-state index is -0.451. The Morgan fingerprint density at radius 3 is 2.72 bits per heavy atom. The van der Waals surface area contributed by atoms with E-state index in [1.165, 1.54) is 18.1 Å². The highest BCUT2D eigenvalue weighted by Gasteiger charge is 2.51. The van der Waals surface area contributed by atoms with Crippen LogP contribution in [-0.4, -0.2) is 74.0 Å². The summed E-state index contributed by atoms with van der Waals surface area (Å²) in [5, 5.41) is 10.8. The topological polar surface area (TPSA) is 111 Å². The first-order valence-electron chi connectivity index (χ1n) is 9.51. The van der Waals surface area contributed by atoms with Crippen LogP contribution in [0.25, 0.3) is 0 Å². The molecule has 0 N–H and O–H groups in total. The average Bonchev–Trinajstić information content (AvgIpc) is 3.40. The molecular weight excluding hydrogens is 376 g/mol. The van der Waals surface area contributed by atoms with Crippen LogP contribution in [0.4, 0.5) is 0 Å². The van der Waals surface area contributed by atoms with E-state index in [-0.39, 0.29) is 42.8 Å². The number of fused-ring (bicyclic) bond motifs is 1. The fourth-order valence-corrected chi connectivity index (χ4v) is 4.30. The largest absolute Gasteiger partial charge is 0.469 e. The molecule has 0 saturated carbocycles. The van der Waals surface area contributed by atoms with Crippen molar-refractivity contribution in [3.05, 3.63) is 42.2 Å². The van der Waals surface area contributed by atoms with Crippen LogP contribution in [0.2, 0.25) is 0 Å². The van der Waals surface area contributed by atoms with Gasteiger partial charge in [0, 0.05) is 13.0 Å². The summed E-state index contributed by atoms with van der Waals surface area (Å²) in [5.74, 6) is -1.08. The number of nitrogens with zero attached hydrogens (tertiary/aromatic N) is 6. The third kappa shape index (κ3) is 3.69. The summed E-state index contributed by atoms with van der Waals surface area (Å²) in [7, 11) is 1.36. The molecule has 2 aliphatic heterocycles. The number of amides is 2. The number of benzene rings is 1. The van der Waals surface area contributed by atoms with Crippen molar-refractivity contribution in [3.8, 4) is 0 Å². The third-order valence-electron chi connectivity index (χ3n) is 5.59. The van der Waals surface area contributed by atoms with Crippen LogP contribution < -0.4 is 0 Å². The second-order valence-corrected chi connectivity index (χ2v) is 7.27. The molecule has 10 nitrogen and oxygen atoms in total. The van der Waals surface area contributed by atoms with Gasteiger partial charge in [-0.05, 0) is 22.4 Å². The molecule has 152 valence electrons. The number of tetrazole rings is 1. The van der Waals surface area contributed by atoms with E-state index in [9.17, 15) is 14.4 Å². The zero-order valence-electron chi connectivity index (χ0n) is 16.0. The molecule has 0 bridgehead atoms. The highest BCUT2D eigenvalue weighted by Crippen LogP contribution is 2.43. The Kier molecular flexibility index (Phi) is 5.24. The summed E-state index contributed by atoms with van der Waals surface area (Å²) >= 11 is 0. The molecule has 10 heteroatoms. The fraction of sp³-hybridized carbons (Fsp3) is 0.474. The highest BCUT2D eigenvalue weighted by atomic mass is 16.5. The van der Waals surface area contributed by atoms with Crippen molar-refractivity contribution < 1.29 is 19.1 Å². The number of aromatic nitrogens is 4. The fourth-order valence-electron chi connectivity index (χ4n) is 4.30. The van der Waals surface area contributed by atoms with E-state index in [0.29, 0.717) is 19.5 Å². The monoisotopic (exact) mass is 398 g/mol. The van der Waals surface area contributed by atoms with Crippen LogP contribution in [0.15, 0.2) is 36.7 Å². The molecule has 2 saturated heterocycles. The van der Waals surface area contributed by atoms with Crippen molar-refractivity contribution in [2.45, 2.75) is 31.5 Å². The van der Waals surface area contributed by atoms with E-state index >= 15 is 0 Å². The minimum absolute atomic E-state index is 0.00215. The minimum Gasteiger partial charge on any atom is -0.469 e. The van der Waals surface area contributed by atoms with Gasteiger partial charge in [0.1, 0.15) is 6.33 Å². The third-order valence-corrected chi connectivity index (χ3v) is 5.59. The predicted octanol–water partition coefficient (Wildman–Crippen LogP) is 0.0368. The van der Waals surface area contributed by atoms with Gasteiger partial charge < -0.3 is 14.5 Å². The Labute approximate surface area is 167 Å². The Morgan fingerprint density at radius 2 is 2.03 bits per heavy atom. The molecule has 4 rings (SSSR count). The van der Waals surface area contributed by atoms with Gasteiger partial charge >= 0.3 is 5.97 Å². The lowest BCUT2D eigenvalue weighted by molar-refractivity contribution is -0.151. The maximum atomic E-state index is 13.0. The SMILES string of the molecule is COC(=O)[C@H]1C[C@H]2CN(C(=O)CCn3cnnn3)CC(=O)N2[C@H]1c1ccccc1. The van der Waals surface area contributed by atoms with Crippen molar-refractivity contribution in [2.24, 2.45) is 5.92 Å². The lowest BCUT2D eigenvalue weighted by Gasteiger charge is -2.40. The maximum Gasteiger partial charge on any atom is 0.311 e. The molecule has 2 amide bonds. The molecule has 2 aliphatic rings. The van der Waals surface area contributed by atoms with Gasteiger partial charge in [-0.15, -0.1) is 5.10 Å². The molecule has 0 radical (unpaired) electrons. The molecule has 0 unspecified atom stereocenters. The van der Waals surface area contributed by atoms with Gasteiger partial charge in [0.2, 0.25) is 11.8 Å². The van der Waals surface area contributed by atoms with Crippen LogP contribution in [0, 0.1) is 5.92 Å². The van der Waals surface area contributed by atoms with E-state index in [1.54, 1.807) is 9.80 Å². The summed E-state index contributed by atoms with van der Waals surface area (Å²) in [4.78, 5) is 41.4. The normalized spacial score (nSPS) is 23.8. The number of hydrogen-bond donors (Lipinski definition) is 0. The second-order valence-electron chi connectivity index (χ2n) is 7.27. The molecule has 3 atom stereocenters. The van der Waals surface area contributed by atoms with E-state index in [1.807, 2.05) is 30.3 Å². The second kappa shape index (κ2) is 7.98. The van der Waals surface area contributed by atoms with Gasteiger partial charge in [0.15, 0.2) is 0 Å². The number of ether oxygens (including phenoxy) is 1. The molecule has 0 spiro atoms. The lowest BCUT2D eigenvalue weighted by atomic mass is 9.93. The first kappa shape index (κ1) is 19.0. The number of rotatable bonds is 5. The van der Waals surface area contributed by atoms with Crippen molar-refractivity contribution in [1.29, 1.82) is 0 Å². The zero-order chi connectivity index (χ0) is 20.4. The van der Waals surface area contributed by atoms with Crippen molar-refractivity contribution in [3.63, 3.8) is 0 Å². The lowest BCUT2D eigenvalue weighted by Crippen LogP contribution is -2.56. The van der Waals surface area contributed by atoms with Crippen LogP contribution in [-0.2, 0) is 25.7 Å². The summed E-state index contributed by atoms with van der Waals surface area (Å²) < 4.78 is 6.48. The van der Waals surface area contributed by atoms with E-state index in [0.717, 1.165) is 5.56 Å². The number of carbonyl (C=O) groups is 3. The molecule has 2 fully saturated rings. The molecule has 1 aromatic heterocycles. The van der Waals surface area contributed by atoms with Gasteiger partial charge in [0.25, 0.3) is 0 Å². The first-order chi connectivity index (χ1) is 14.1. The van der Waals surface area contributed by atoms with Crippen LogP contribution in [0.5, 0.6) is 0 Å². The van der Waals surface area contributed by atoms with Gasteiger partial charge in [-0.1, -0.05) is 30.3 Å². The molecule has 2 aromatic rings. The van der Waals surface area contributed by atoms with Crippen LogP contribution >= 0.6 is 0 Å². The zero-order valence-corrected chi connectivity index (χ0v) is 16.0. The predicted molar refractivity (Wildman–Crippen MR) is 99.0 cm³/mol. The average molecular weight is 398 g/mol. The number of esters is 1. The van der Waals surface area contributed by atoms with Gasteiger partial charge in [-0.25, -0.2) is 4.68 Å². The Hall–Kier alpha value is -3.30. The first-order valence-corrected chi connectivity index (χ1v) is 9.51. The molecule has 0 aliphatic carbocycles. The highest BCUT2D eigenvalue weighted by molar-refractivity contribution is 5.88. The Balaban J connectivity index is 1.51. The van der Waals surface area contributed by atoms with Gasteiger partial charge in [-0.3, -0.25) is 14.4 Å².